The molecule has 0 spiro atoms. The van der Waals surface area contributed by atoms with Crippen LogP contribution in [0, 0.1) is 6.08 Å². The third-order valence-electron chi connectivity index (χ3n) is 3.16. The Morgan fingerprint density at radius 3 is 3.00 bits per heavy atom. The van der Waals surface area contributed by atoms with Crippen molar-refractivity contribution in [1.29, 1.82) is 0 Å². The average molecular weight is 301 g/mol. The van der Waals surface area contributed by atoms with Gasteiger partial charge >= 0.3 is 12.0 Å². The largest absolute Gasteiger partial charge is 0.465 e. The number of anilines is 1. The molecule has 0 bridgehead atoms. The number of hydrogen-bond donors (Lipinski definition) is 1. The lowest BCUT2D eigenvalue weighted by Gasteiger charge is -2.06. The highest BCUT2D eigenvalue weighted by Crippen LogP contribution is 2.17. The molecule has 2 aromatic heterocycles. The number of nitrogen functional groups attached to an aromatic ring is 1. The number of carbonyl (C=O) groups excluding carboxylic acids is 1. The molecule has 0 aliphatic carbocycles. The maximum absolute atomic E-state index is 13.3. The number of rotatable bonds is 3. The molecule has 22 heavy (non-hydrogen) atoms. The second kappa shape index (κ2) is 5.40. The maximum Gasteiger partial charge on any atom is 0.337 e. The quantitative estimate of drug-likeness (QED) is 0.580. The Morgan fingerprint density at radius 2 is 2.23 bits per heavy atom. The van der Waals surface area contributed by atoms with Crippen molar-refractivity contribution in [2.75, 3.05) is 12.8 Å². The lowest BCUT2D eigenvalue weighted by molar-refractivity contribution is 0.0600. The number of carbonyl (C=O) groups is 1. The van der Waals surface area contributed by atoms with E-state index in [1.807, 2.05) is 6.07 Å². The number of aromatic nitrogens is 4. The second-order valence-electron chi connectivity index (χ2n) is 4.61. The predicted molar refractivity (Wildman–Crippen MR) is 76.6 cm³/mol. The summed E-state index contributed by atoms with van der Waals surface area (Å²) in [6, 6.07) is 6.92. The van der Waals surface area contributed by atoms with E-state index in [9.17, 15) is 9.18 Å². The van der Waals surface area contributed by atoms with Crippen molar-refractivity contribution < 1.29 is 13.9 Å². The molecule has 112 valence electrons. The highest BCUT2D eigenvalue weighted by Gasteiger charge is 2.12. The van der Waals surface area contributed by atoms with Crippen LogP contribution in [-0.4, -0.2) is 32.6 Å². The van der Waals surface area contributed by atoms with E-state index in [4.69, 9.17) is 5.73 Å². The number of benzene rings is 1. The van der Waals surface area contributed by atoms with E-state index in [1.165, 1.54) is 13.4 Å². The summed E-state index contributed by atoms with van der Waals surface area (Å²) >= 11 is 0. The number of nitrogens with two attached hydrogens (primary N) is 1. The fourth-order valence-electron chi connectivity index (χ4n) is 2.17. The highest BCUT2D eigenvalue weighted by molar-refractivity contribution is 5.89. The fourth-order valence-corrected chi connectivity index (χ4v) is 2.17. The summed E-state index contributed by atoms with van der Waals surface area (Å²) in [5.74, 6) is -0.431. The number of methoxy groups -OCH3 is 1. The van der Waals surface area contributed by atoms with Gasteiger partial charge in [-0.05, 0) is 17.7 Å². The number of nitrogens with zero attached hydrogens (tertiary/aromatic N) is 4. The fraction of sp³-hybridized carbons (Fsp3) is 0.143. The van der Waals surface area contributed by atoms with Crippen molar-refractivity contribution in [2.45, 2.75) is 6.54 Å². The Kier molecular flexibility index (Phi) is 3.42. The predicted octanol–water partition coefficient (Wildman–Crippen LogP) is 1.38. The van der Waals surface area contributed by atoms with Crippen molar-refractivity contribution in [3.05, 3.63) is 47.8 Å². The van der Waals surface area contributed by atoms with E-state index in [0.29, 0.717) is 23.3 Å². The molecule has 3 rings (SSSR count). The molecule has 2 heterocycles. The lowest BCUT2D eigenvalue weighted by atomic mass is 10.1. The Bertz CT molecular complexity index is 862. The molecular formula is C14H12FN5O2. The van der Waals surface area contributed by atoms with Gasteiger partial charge in [0.15, 0.2) is 11.5 Å². The zero-order chi connectivity index (χ0) is 15.7. The van der Waals surface area contributed by atoms with Crippen LogP contribution in [0.15, 0.2) is 30.6 Å². The van der Waals surface area contributed by atoms with Gasteiger partial charge in [0.2, 0.25) is 0 Å². The van der Waals surface area contributed by atoms with Crippen LogP contribution in [0.5, 0.6) is 0 Å². The summed E-state index contributed by atoms with van der Waals surface area (Å²) in [4.78, 5) is 22.8. The first-order valence-corrected chi connectivity index (χ1v) is 6.39. The van der Waals surface area contributed by atoms with Gasteiger partial charge in [-0.15, -0.1) is 0 Å². The van der Waals surface area contributed by atoms with Crippen molar-refractivity contribution in [3.8, 4) is 0 Å². The summed E-state index contributed by atoms with van der Waals surface area (Å²) < 4.78 is 19.6. The van der Waals surface area contributed by atoms with Gasteiger partial charge in [0.05, 0.1) is 25.5 Å². The van der Waals surface area contributed by atoms with Gasteiger partial charge in [-0.25, -0.2) is 9.78 Å². The SMILES string of the molecule is COC(=O)c1cccc(Cn2cnc3c(N)nc(F)nc32)c1. The van der Waals surface area contributed by atoms with E-state index in [-0.39, 0.29) is 5.82 Å². The first kappa shape index (κ1) is 13.9. The number of halogens is 1. The van der Waals surface area contributed by atoms with Crippen LogP contribution in [-0.2, 0) is 11.3 Å². The topological polar surface area (TPSA) is 95.9 Å². The van der Waals surface area contributed by atoms with E-state index < -0.39 is 12.0 Å². The molecule has 0 atom stereocenters. The smallest absolute Gasteiger partial charge is 0.337 e. The van der Waals surface area contributed by atoms with Crippen LogP contribution in [0.1, 0.15) is 15.9 Å². The summed E-state index contributed by atoms with van der Waals surface area (Å²) in [7, 11) is 1.32. The minimum atomic E-state index is -0.907. The third kappa shape index (κ3) is 2.46. The van der Waals surface area contributed by atoms with Crippen molar-refractivity contribution >= 4 is 23.0 Å². The number of ether oxygens (including phenoxy) is 1. The molecule has 2 N–H and O–H groups in total. The van der Waals surface area contributed by atoms with Gasteiger partial charge in [-0.3, -0.25) is 0 Å². The number of fused-ring (bicyclic) bond motifs is 1. The average Bonchev–Trinajstić information content (AvgIpc) is 2.90. The molecule has 0 saturated heterocycles. The minimum Gasteiger partial charge on any atom is -0.465 e. The number of esters is 1. The number of hydrogen-bond acceptors (Lipinski definition) is 6. The summed E-state index contributed by atoms with van der Waals surface area (Å²) in [6.45, 7) is 0.358. The van der Waals surface area contributed by atoms with Crippen LogP contribution in [0.2, 0.25) is 0 Å². The molecule has 0 amide bonds. The summed E-state index contributed by atoms with van der Waals surface area (Å²) in [5.41, 5.74) is 7.51. The first-order valence-electron chi connectivity index (χ1n) is 6.39. The molecular weight excluding hydrogens is 289 g/mol. The summed E-state index contributed by atoms with van der Waals surface area (Å²) in [5, 5.41) is 0. The van der Waals surface area contributed by atoms with Gasteiger partial charge in [-0.2, -0.15) is 14.4 Å². The molecule has 7 nitrogen and oxygen atoms in total. The molecule has 1 aromatic carbocycles. The first-order chi connectivity index (χ1) is 10.6. The van der Waals surface area contributed by atoms with Gasteiger partial charge < -0.3 is 15.0 Å². The Morgan fingerprint density at radius 1 is 1.41 bits per heavy atom. The standard InChI is InChI=1S/C14H12FN5O2/c1-22-13(21)9-4-2-3-8(5-9)6-20-7-17-10-11(16)18-14(15)19-12(10)20/h2-5,7H,6H2,1H3,(H2,16,18,19). The van der Waals surface area contributed by atoms with Crippen LogP contribution >= 0.6 is 0 Å². The molecule has 0 fully saturated rings. The van der Waals surface area contributed by atoms with Gasteiger partial charge in [0.25, 0.3) is 0 Å². The van der Waals surface area contributed by atoms with Crippen molar-refractivity contribution in [3.63, 3.8) is 0 Å². The van der Waals surface area contributed by atoms with Gasteiger partial charge in [0.1, 0.15) is 5.52 Å². The van der Waals surface area contributed by atoms with Gasteiger partial charge in [-0.1, -0.05) is 12.1 Å². The monoisotopic (exact) mass is 301 g/mol. The molecule has 0 radical (unpaired) electrons. The van der Waals surface area contributed by atoms with Crippen LogP contribution in [0.4, 0.5) is 10.2 Å². The zero-order valence-corrected chi connectivity index (χ0v) is 11.7. The van der Waals surface area contributed by atoms with E-state index in [1.54, 1.807) is 22.8 Å². The lowest BCUT2D eigenvalue weighted by Crippen LogP contribution is -2.05. The molecule has 0 aliphatic rings. The molecule has 8 heteroatoms. The number of imidazole rings is 1. The molecule has 3 aromatic rings. The van der Waals surface area contributed by atoms with E-state index in [2.05, 4.69) is 19.7 Å². The van der Waals surface area contributed by atoms with Crippen molar-refractivity contribution in [1.82, 2.24) is 19.5 Å². The van der Waals surface area contributed by atoms with Crippen LogP contribution in [0.25, 0.3) is 11.2 Å². The van der Waals surface area contributed by atoms with Crippen molar-refractivity contribution in [2.24, 2.45) is 0 Å². The Hall–Kier alpha value is -3.03. The van der Waals surface area contributed by atoms with E-state index >= 15 is 0 Å². The Labute approximate surface area is 124 Å². The second-order valence-corrected chi connectivity index (χ2v) is 4.61. The molecule has 0 aliphatic heterocycles. The normalized spacial score (nSPS) is 10.8. The maximum atomic E-state index is 13.3. The van der Waals surface area contributed by atoms with Crippen LogP contribution in [0.3, 0.4) is 0 Å². The zero-order valence-electron chi connectivity index (χ0n) is 11.7. The highest BCUT2D eigenvalue weighted by atomic mass is 19.1. The Balaban J connectivity index is 1.98. The molecule has 0 saturated carbocycles. The molecule has 0 unspecified atom stereocenters. The van der Waals surface area contributed by atoms with E-state index in [0.717, 1.165) is 5.56 Å². The minimum absolute atomic E-state index is 0.00967. The van der Waals surface area contributed by atoms with Gasteiger partial charge in [0, 0.05) is 0 Å². The van der Waals surface area contributed by atoms with Crippen LogP contribution < -0.4 is 5.73 Å². The summed E-state index contributed by atoms with van der Waals surface area (Å²) in [6.07, 6.45) is 0.593. The third-order valence-corrected chi connectivity index (χ3v) is 3.16.